The van der Waals surface area contributed by atoms with E-state index in [2.05, 4.69) is 15.3 Å². The molecular weight excluding hydrogens is 288 g/mol. The first-order valence-corrected chi connectivity index (χ1v) is 7.60. The van der Waals surface area contributed by atoms with E-state index in [-0.39, 0.29) is 5.91 Å². The first-order chi connectivity index (χ1) is 11.2. The summed E-state index contributed by atoms with van der Waals surface area (Å²) in [6.45, 7) is 3.41. The van der Waals surface area contributed by atoms with Gasteiger partial charge < -0.3 is 0 Å². The molecule has 0 fully saturated rings. The zero-order chi connectivity index (χ0) is 15.8. The number of hydrogen-bond acceptors (Lipinski definition) is 4. The maximum atomic E-state index is 12.5. The summed E-state index contributed by atoms with van der Waals surface area (Å²) in [5.41, 5.74) is 3.53. The van der Waals surface area contributed by atoms with Gasteiger partial charge in [0.1, 0.15) is 5.84 Å². The number of rotatable bonds is 1. The van der Waals surface area contributed by atoms with Crippen molar-refractivity contribution in [2.24, 2.45) is 9.98 Å². The van der Waals surface area contributed by atoms with Crippen LogP contribution in [0.5, 0.6) is 0 Å². The van der Waals surface area contributed by atoms with Crippen LogP contribution in [0.4, 0.5) is 5.69 Å². The Bertz CT molecular complexity index is 854. The van der Waals surface area contributed by atoms with Gasteiger partial charge in [-0.15, -0.1) is 0 Å². The second-order valence-electron chi connectivity index (χ2n) is 5.63. The summed E-state index contributed by atoms with van der Waals surface area (Å²) >= 11 is 0. The van der Waals surface area contributed by atoms with Gasteiger partial charge in [-0.25, -0.2) is 4.99 Å². The van der Waals surface area contributed by atoms with Crippen LogP contribution in [0.2, 0.25) is 0 Å². The van der Waals surface area contributed by atoms with Crippen LogP contribution in [0.3, 0.4) is 0 Å². The van der Waals surface area contributed by atoms with Gasteiger partial charge in [-0.2, -0.15) is 0 Å². The molecule has 0 aromatic heterocycles. The second-order valence-corrected chi connectivity index (χ2v) is 5.63. The molecule has 2 aromatic carbocycles. The third-order valence-electron chi connectivity index (χ3n) is 3.97. The molecule has 114 valence electrons. The maximum Gasteiger partial charge on any atom is 0.257 e. The number of amides is 1. The van der Waals surface area contributed by atoms with E-state index in [1.54, 1.807) is 6.07 Å². The minimum absolute atomic E-state index is 0.155. The molecule has 0 unspecified atom stereocenters. The number of nitrogens with one attached hydrogen (secondary N) is 1. The highest BCUT2D eigenvalue weighted by Gasteiger charge is 2.30. The normalized spacial score (nSPS) is 15.4. The molecule has 2 aromatic rings. The molecule has 1 N–H and O–H groups in total. The van der Waals surface area contributed by atoms with Crippen molar-refractivity contribution in [3.8, 4) is 0 Å². The zero-order valence-corrected chi connectivity index (χ0v) is 12.8. The molecule has 0 atom stereocenters. The highest BCUT2D eigenvalue weighted by molar-refractivity contribution is 6.19. The molecule has 0 saturated heterocycles. The van der Waals surface area contributed by atoms with E-state index >= 15 is 0 Å². The van der Waals surface area contributed by atoms with Crippen LogP contribution < -0.4 is 5.32 Å². The highest BCUT2D eigenvalue weighted by atomic mass is 16.1. The minimum Gasteiger partial charge on any atom is -0.294 e. The zero-order valence-electron chi connectivity index (χ0n) is 12.8. The van der Waals surface area contributed by atoms with Gasteiger partial charge in [0.25, 0.3) is 5.91 Å². The Morgan fingerprint density at radius 1 is 1.17 bits per heavy atom. The van der Waals surface area contributed by atoms with E-state index in [1.165, 1.54) is 0 Å². The lowest BCUT2D eigenvalue weighted by atomic mass is 10.1. The average molecular weight is 304 g/mol. The predicted octanol–water partition coefficient (Wildman–Crippen LogP) is 2.49. The van der Waals surface area contributed by atoms with E-state index in [9.17, 15) is 4.79 Å². The third-order valence-corrected chi connectivity index (χ3v) is 3.97. The molecule has 0 spiro atoms. The van der Waals surface area contributed by atoms with Crippen molar-refractivity contribution in [1.82, 2.24) is 10.2 Å². The molecule has 23 heavy (non-hydrogen) atoms. The standard InChI is InChI=1S/C18H16N4O/c1-12-5-4-6-13(11-12)17(23)21-18-20-15-8-3-2-7-14(15)16-19-9-10-22(16)18/h2-8,11H,9-10H2,1H3,(H,20,21,23). The van der Waals surface area contributed by atoms with E-state index in [0.29, 0.717) is 18.1 Å². The molecule has 0 aliphatic carbocycles. The summed E-state index contributed by atoms with van der Waals surface area (Å²) in [7, 11) is 0. The van der Waals surface area contributed by atoms with Gasteiger partial charge in [-0.05, 0) is 31.2 Å². The highest BCUT2D eigenvalue weighted by Crippen LogP contribution is 2.27. The first kappa shape index (κ1) is 13.7. The van der Waals surface area contributed by atoms with Crippen LogP contribution in [0, 0.1) is 6.92 Å². The predicted molar refractivity (Wildman–Crippen MR) is 90.3 cm³/mol. The van der Waals surface area contributed by atoms with Crippen LogP contribution in [0.25, 0.3) is 0 Å². The van der Waals surface area contributed by atoms with Crippen molar-refractivity contribution >= 4 is 23.4 Å². The lowest BCUT2D eigenvalue weighted by Crippen LogP contribution is -2.47. The van der Waals surface area contributed by atoms with Gasteiger partial charge in [0.15, 0.2) is 0 Å². The fraction of sp³-hybridized carbons (Fsp3) is 0.167. The number of aliphatic imine (C=N–C) groups is 2. The Hall–Kier alpha value is -2.95. The number of fused-ring (bicyclic) bond motifs is 3. The van der Waals surface area contributed by atoms with Crippen molar-refractivity contribution in [2.45, 2.75) is 6.92 Å². The second kappa shape index (κ2) is 5.35. The van der Waals surface area contributed by atoms with E-state index in [4.69, 9.17) is 0 Å². The molecule has 2 heterocycles. The fourth-order valence-corrected chi connectivity index (χ4v) is 2.87. The summed E-state index contributed by atoms with van der Waals surface area (Å²) in [6.07, 6.45) is 0. The number of carbonyl (C=O) groups excluding carboxylic acids is 1. The number of amidine groups is 1. The molecule has 0 saturated carbocycles. The fourth-order valence-electron chi connectivity index (χ4n) is 2.87. The van der Waals surface area contributed by atoms with Crippen molar-refractivity contribution < 1.29 is 4.79 Å². The smallest absolute Gasteiger partial charge is 0.257 e. The molecule has 2 aliphatic rings. The molecular formula is C18H16N4O. The number of aryl methyl sites for hydroxylation is 1. The Morgan fingerprint density at radius 3 is 2.91 bits per heavy atom. The quantitative estimate of drug-likeness (QED) is 0.880. The van der Waals surface area contributed by atoms with Gasteiger partial charge >= 0.3 is 0 Å². The maximum absolute atomic E-state index is 12.5. The molecule has 2 aliphatic heterocycles. The van der Waals surface area contributed by atoms with Crippen LogP contribution in [-0.4, -0.2) is 35.7 Å². The van der Waals surface area contributed by atoms with Gasteiger partial charge in [0.05, 0.1) is 12.2 Å². The molecule has 4 rings (SSSR count). The Morgan fingerprint density at radius 2 is 2.04 bits per heavy atom. The van der Waals surface area contributed by atoms with E-state index < -0.39 is 0 Å². The molecule has 1 amide bonds. The van der Waals surface area contributed by atoms with Gasteiger partial charge in [-0.1, -0.05) is 29.8 Å². The average Bonchev–Trinajstić information content (AvgIpc) is 3.05. The number of carbonyl (C=O) groups is 1. The first-order valence-electron chi connectivity index (χ1n) is 7.60. The minimum atomic E-state index is -0.155. The lowest BCUT2D eigenvalue weighted by Gasteiger charge is -2.27. The van der Waals surface area contributed by atoms with Crippen LogP contribution in [0.15, 0.2) is 58.5 Å². The van der Waals surface area contributed by atoms with E-state index in [0.717, 1.165) is 29.2 Å². The monoisotopic (exact) mass is 304 g/mol. The van der Waals surface area contributed by atoms with Crippen LogP contribution in [0.1, 0.15) is 21.5 Å². The van der Waals surface area contributed by atoms with Crippen molar-refractivity contribution in [3.05, 3.63) is 65.2 Å². The number of hydrogen-bond donors (Lipinski definition) is 1. The molecule has 0 radical (unpaired) electrons. The Balaban J connectivity index is 1.68. The Labute approximate surface area is 134 Å². The number of benzene rings is 2. The third kappa shape index (κ3) is 2.40. The van der Waals surface area contributed by atoms with Crippen LogP contribution >= 0.6 is 0 Å². The lowest BCUT2D eigenvalue weighted by molar-refractivity contribution is 0.0974. The van der Waals surface area contributed by atoms with Crippen molar-refractivity contribution in [2.75, 3.05) is 13.1 Å². The summed E-state index contributed by atoms with van der Waals surface area (Å²) < 4.78 is 0. The van der Waals surface area contributed by atoms with Gasteiger partial charge in [0, 0.05) is 17.7 Å². The molecule has 0 bridgehead atoms. The van der Waals surface area contributed by atoms with Gasteiger partial charge in [-0.3, -0.25) is 20.0 Å². The summed E-state index contributed by atoms with van der Waals surface area (Å²) in [4.78, 5) is 23.6. The summed E-state index contributed by atoms with van der Waals surface area (Å²) in [5.74, 6) is 1.28. The van der Waals surface area contributed by atoms with Crippen molar-refractivity contribution in [3.63, 3.8) is 0 Å². The summed E-state index contributed by atoms with van der Waals surface area (Å²) in [5, 5.41) is 2.93. The molecule has 5 nitrogen and oxygen atoms in total. The molecule has 5 heteroatoms. The SMILES string of the molecule is Cc1cccc(C(=O)NC2=Nc3ccccc3C3=NCCN23)c1. The van der Waals surface area contributed by atoms with Gasteiger partial charge in [0.2, 0.25) is 5.96 Å². The largest absolute Gasteiger partial charge is 0.294 e. The number of para-hydroxylation sites is 1. The number of guanidine groups is 1. The van der Waals surface area contributed by atoms with Crippen LogP contribution in [-0.2, 0) is 0 Å². The number of nitrogens with zero attached hydrogens (tertiary/aromatic N) is 3. The Kier molecular flexibility index (Phi) is 3.19. The van der Waals surface area contributed by atoms with Crippen molar-refractivity contribution in [1.29, 1.82) is 0 Å². The summed E-state index contributed by atoms with van der Waals surface area (Å²) in [6, 6.07) is 15.4. The topological polar surface area (TPSA) is 57.1 Å². The van der Waals surface area contributed by atoms with E-state index in [1.807, 2.05) is 54.3 Å².